The molecule has 6 nitrogen and oxygen atoms in total. The second-order valence-corrected chi connectivity index (χ2v) is 14.8. The molecule has 12 rings (SSSR count). The van der Waals surface area contributed by atoms with E-state index in [9.17, 15) is 0 Å². The van der Waals surface area contributed by atoms with Gasteiger partial charge in [0.1, 0.15) is 23.5 Å². The molecule has 2 atom stereocenters. The van der Waals surface area contributed by atoms with Gasteiger partial charge in [-0.05, 0) is 76.9 Å². The number of nitrogens with zero attached hydrogens (tertiary/aromatic N) is 3. The van der Waals surface area contributed by atoms with Gasteiger partial charge in [-0.1, -0.05) is 133 Å². The molecular formula is C51H35N5O. The number of hydrogen-bond donors (Lipinski definition) is 2. The average molecular weight is 734 g/mol. The Kier molecular flexibility index (Phi) is 7.03. The zero-order valence-electron chi connectivity index (χ0n) is 30.8. The number of hydrogen-bond acceptors (Lipinski definition) is 4. The Labute approximate surface area is 327 Å². The van der Waals surface area contributed by atoms with Crippen LogP contribution >= 0.6 is 0 Å². The molecule has 57 heavy (non-hydrogen) atoms. The number of furan rings is 1. The lowest BCUT2D eigenvalue weighted by Crippen LogP contribution is -2.47. The number of para-hydroxylation sites is 3. The van der Waals surface area contributed by atoms with E-state index in [0.29, 0.717) is 0 Å². The monoisotopic (exact) mass is 733 g/mol. The highest BCUT2D eigenvalue weighted by Gasteiger charge is 2.28. The molecule has 1 aliphatic heterocycles. The minimum atomic E-state index is -0.280. The SMILES string of the molecule is c1ccc(-c2ccc3c(c2)c2ccccc2n3-c2cccc3oc4ccc(C5NC(n6c7ccccc7c7ccccc76)=NC(c6ccccc6)N5)cc4c23)cc1. The molecule has 6 heteroatoms. The zero-order valence-corrected chi connectivity index (χ0v) is 30.8. The summed E-state index contributed by atoms with van der Waals surface area (Å²) in [6, 6.07) is 66.7. The highest BCUT2D eigenvalue weighted by atomic mass is 16.3. The third kappa shape index (κ3) is 4.98. The number of benzene rings is 8. The fourth-order valence-corrected chi connectivity index (χ4v) is 9.02. The molecule has 2 unspecified atom stereocenters. The Bertz CT molecular complexity index is 3320. The molecule has 0 bridgehead atoms. The van der Waals surface area contributed by atoms with Gasteiger partial charge in [0.2, 0.25) is 5.96 Å². The highest BCUT2D eigenvalue weighted by molar-refractivity contribution is 6.16. The lowest BCUT2D eigenvalue weighted by Gasteiger charge is -2.32. The van der Waals surface area contributed by atoms with Crippen LogP contribution in [0.4, 0.5) is 0 Å². The van der Waals surface area contributed by atoms with E-state index in [1.807, 2.05) is 0 Å². The van der Waals surface area contributed by atoms with Gasteiger partial charge in [-0.25, -0.2) is 4.99 Å². The van der Waals surface area contributed by atoms with E-state index in [-0.39, 0.29) is 12.3 Å². The van der Waals surface area contributed by atoms with Crippen LogP contribution in [0.25, 0.3) is 82.4 Å². The Morgan fingerprint density at radius 3 is 1.81 bits per heavy atom. The molecule has 1 aliphatic rings. The first-order valence-corrected chi connectivity index (χ1v) is 19.4. The van der Waals surface area contributed by atoms with E-state index >= 15 is 0 Å². The van der Waals surface area contributed by atoms with E-state index < -0.39 is 0 Å². The van der Waals surface area contributed by atoms with Crippen LogP contribution < -0.4 is 10.6 Å². The summed E-state index contributed by atoms with van der Waals surface area (Å²) in [5, 5.41) is 14.7. The molecule has 11 aromatic rings. The van der Waals surface area contributed by atoms with Crippen molar-refractivity contribution in [1.82, 2.24) is 19.8 Å². The fourth-order valence-electron chi connectivity index (χ4n) is 9.02. The molecule has 2 N–H and O–H groups in total. The van der Waals surface area contributed by atoms with Gasteiger partial charge in [0, 0.05) is 26.9 Å². The molecule has 3 aromatic heterocycles. The molecule has 0 aliphatic carbocycles. The normalized spacial score (nSPS) is 15.9. The van der Waals surface area contributed by atoms with Crippen LogP contribution in [0.15, 0.2) is 197 Å². The summed E-state index contributed by atoms with van der Waals surface area (Å²) in [6.45, 7) is 0. The van der Waals surface area contributed by atoms with Crippen molar-refractivity contribution in [1.29, 1.82) is 0 Å². The van der Waals surface area contributed by atoms with Gasteiger partial charge in [-0.2, -0.15) is 0 Å². The minimum absolute atomic E-state index is 0.256. The Balaban J connectivity index is 1.03. The lowest BCUT2D eigenvalue weighted by atomic mass is 10.0. The maximum absolute atomic E-state index is 6.62. The topological polar surface area (TPSA) is 59.4 Å². The third-order valence-corrected chi connectivity index (χ3v) is 11.6. The molecule has 0 fully saturated rings. The van der Waals surface area contributed by atoms with Crippen LogP contribution in [0, 0.1) is 0 Å². The van der Waals surface area contributed by atoms with E-state index in [1.165, 1.54) is 32.7 Å². The second-order valence-electron chi connectivity index (χ2n) is 14.8. The molecule has 0 amide bonds. The first-order valence-electron chi connectivity index (χ1n) is 19.4. The van der Waals surface area contributed by atoms with E-state index in [2.05, 4.69) is 208 Å². The van der Waals surface area contributed by atoms with Crippen LogP contribution in [0.3, 0.4) is 0 Å². The number of aromatic nitrogens is 2. The van der Waals surface area contributed by atoms with Crippen LogP contribution in [0.2, 0.25) is 0 Å². The van der Waals surface area contributed by atoms with Crippen molar-refractivity contribution >= 4 is 71.5 Å². The molecule has 0 spiro atoms. The van der Waals surface area contributed by atoms with Crippen LogP contribution in [-0.2, 0) is 0 Å². The number of nitrogens with one attached hydrogen (secondary N) is 2. The summed E-state index contributed by atoms with van der Waals surface area (Å²) in [5.41, 5.74) is 11.9. The number of aliphatic imine (C=N–C) groups is 1. The van der Waals surface area contributed by atoms with Crippen LogP contribution in [-0.4, -0.2) is 15.1 Å². The Morgan fingerprint density at radius 1 is 0.439 bits per heavy atom. The predicted molar refractivity (Wildman–Crippen MR) is 234 cm³/mol. The lowest BCUT2D eigenvalue weighted by molar-refractivity contribution is 0.403. The Morgan fingerprint density at radius 2 is 1.07 bits per heavy atom. The molecule has 0 radical (unpaired) electrons. The first-order chi connectivity index (χ1) is 28.3. The van der Waals surface area contributed by atoms with E-state index in [1.54, 1.807) is 0 Å². The van der Waals surface area contributed by atoms with Crippen molar-refractivity contribution in [3.05, 3.63) is 199 Å². The van der Waals surface area contributed by atoms with Crippen molar-refractivity contribution in [2.24, 2.45) is 4.99 Å². The summed E-state index contributed by atoms with van der Waals surface area (Å²) >= 11 is 0. The van der Waals surface area contributed by atoms with Gasteiger partial charge in [0.15, 0.2) is 0 Å². The van der Waals surface area contributed by atoms with Gasteiger partial charge in [-0.3, -0.25) is 9.88 Å². The van der Waals surface area contributed by atoms with Crippen molar-refractivity contribution in [2.75, 3.05) is 0 Å². The summed E-state index contributed by atoms with van der Waals surface area (Å²) in [4.78, 5) is 5.34. The molecule has 0 saturated carbocycles. The van der Waals surface area contributed by atoms with Crippen LogP contribution in [0.1, 0.15) is 23.5 Å². The molecule has 0 saturated heterocycles. The molecule has 270 valence electrons. The third-order valence-electron chi connectivity index (χ3n) is 11.6. The quantitative estimate of drug-likeness (QED) is 0.189. The van der Waals surface area contributed by atoms with Crippen molar-refractivity contribution in [3.8, 4) is 16.8 Å². The van der Waals surface area contributed by atoms with Gasteiger partial charge in [-0.15, -0.1) is 0 Å². The van der Waals surface area contributed by atoms with Gasteiger partial charge >= 0.3 is 0 Å². The minimum Gasteiger partial charge on any atom is -0.456 e. The van der Waals surface area contributed by atoms with Crippen molar-refractivity contribution in [2.45, 2.75) is 12.3 Å². The summed E-state index contributed by atoms with van der Waals surface area (Å²) in [6.07, 6.45) is -0.535. The van der Waals surface area contributed by atoms with E-state index in [0.717, 1.165) is 66.8 Å². The maximum Gasteiger partial charge on any atom is 0.206 e. The molecule has 4 heterocycles. The van der Waals surface area contributed by atoms with Crippen LogP contribution in [0.5, 0.6) is 0 Å². The van der Waals surface area contributed by atoms with Gasteiger partial charge in [0.05, 0.1) is 33.1 Å². The summed E-state index contributed by atoms with van der Waals surface area (Å²) in [7, 11) is 0. The van der Waals surface area contributed by atoms with Crippen molar-refractivity contribution in [3.63, 3.8) is 0 Å². The Hall–Kier alpha value is -7.41. The number of rotatable bonds is 4. The molecule has 8 aromatic carbocycles. The number of fused-ring (bicyclic) bond motifs is 9. The fraction of sp³-hybridized carbons (Fsp3) is 0.0392. The second kappa shape index (κ2) is 12.6. The van der Waals surface area contributed by atoms with Gasteiger partial charge < -0.3 is 14.3 Å². The summed E-state index contributed by atoms with van der Waals surface area (Å²) < 4.78 is 11.3. The smallest absolute Gasteiger partial charge is 0.206 e. The molecular weight excluding hydrogens is 699 g/mol. The van der Waals surface area contributed by atoms with Gasteiger partial charge in [0.25, 0.3) is 0 Å². The average Bonchev–Trinajstić information content (AvgIpc) is 3.94. The highest BCUT2D eigenvalue weighted by Crippen LogP contribution is 2.41. The standard InChI is InChI=1S/C51H35N5O/c1-3-14-32(15-4-1)34-26-28-44-39(30-34)38-20-9-10-21-41(38)55(44)45-24-13-25-47-48(45)40-31-35(27-29-46(40)57-47)50-52-49(33-16-5-2-6-17-33)53-51(54-50)56-42-22-11-7-18-36(42)37-19-8-12-23-43(37)56/h1-31,49-50,52H,(H,53,54). The zero-order chi connectivity index (χ0) is 37.5. The summed E-state index contributed by atoms with van der Waals surface area (Å²) in [5.74, 6) is 0.794. The largest absolute Gasteiger partial charge is 0.456 e. The maximum atomic E-state index is 6.62. The van der Waals surface area contributed by atoms with Crippen molar-refractivity contribution < 1.29 is 4.42 Å². The first kappa shape index (κ1) is 31.9. The van der Waals surface area contributed by atoms with E-state index in [4.69, 9.17) is 9.41 Å². The predicted octanol–water partition coefficient (Wildman–Crippen LogP) is 12.3.